The van der Waals surface area contributed by atoms with Crippen LogP contribution in [0.25, 0.3) is 66.1 Å². The molecular weight excluding hydrogens is 538 g/mol. The highest BCUT2D eigenvalue weighted by Gasteiger charge is 2.41. The molecule has 4 heteroatoms. The molecule has 0 fully saturated rings. The van der Waals surface area contributed by atoms with Crippen LogP contribution < -0.4 is 16.4 Å². The van der Waals surface area contributed by atoms with Crippen LogP contribution >= 0.6 is 0 Å². The fraction of sp³-hybridized carbons (Fsp3) is 0.100. The molecule has 0 N–H and O–H groups in total. The zero-order chi connectivity index (χ0) is 29.6. The molecule has 2 nitrogen and oxygen atoms in total. The second-order valence-electron chi connectivity index (χ2n) is 13.1. The molecule has 0 saturated heterocycles. The van der Waals surface area contributed by atoms with Gasteiger partial charge in [0.05, 0.1) is 11.0 Å². The van der Waals surface area contributed by atoms with Gasteiger partial charge in [0, 0.05) is 49.5 Å². The van der Waals surface area contributed by atoms with Gasteiger partial charge in [0.2, 0.25) is 0 Å². The Hall–Kier alpha value is -5.09. The predicted octanol–water partition coefficient (Wildman–Crippen LogP) is 8.06. The van der Waals surface area contributed by atoms with Crippen molar-refractivity contribution in [2.45, 2.75) is 27.7 Å². The maximum atomic E-state index is 15.5. The summed E-state index contributed by atoms with van der Waals surface area (Å²) in [6.45, 7) is 8.85. The lowest BCUT2D eigenvalue weighted by atomic mass is 9.34. The fourth-order valence-corrected chi connectivity index (χ4v) is 8.44. The Kier molecular flexibility index (Phi) is 4.48. The van der Waals surface area contributed by atoms with Crippen LogP contribution in [0.4, 0.5) is 4.39 Å². The summed E-state index contributed by atoms with van der Waals surface area (Å²) in [5, 5.41) is 5.10. The molecule has 44 heavy (non-hydrogen) atoms. The van der Waals surface area contributed by atoms with E-state index in [9.17, 15) is 0 Å². The van der Waals surface area contributed by atoms with E-state index in [4.69, 9.17) is 0 Å². The number of halogens is 1. The Bertz CT molecular complexity index is 2460. The third-order valence-electron chi connectivity index (χ3n) is 10.1. The van der Waals surface area contributed by atoms with E-state index in [0.29, 0.717) is 5.56 Å². The second kappa shape index (κ2) is 8.09. The molecule has 0 aliphatic carbocycles. The summed E-state index contributed by atoms with van der Waals surface area (Å²) in [4.78, 5) is 0. The molecule has 2 aliphatic rings. The molecule has 6 aromatic carbocycles. The zero-order valence-corrected chi connectivity index (χ0v) is 25.1. The minimum absolute atomic E-state index is 0.0651. The molecule has 0 radical (unpaired) electrons. The SMILES string of the molecule is Cc1ccc2c(c1)c1cc(C)cc3c1n2-c1cc(-c2ccccc2F)cc2c1B3c1cc(C)cc3c4cc(C)ccc4n-2c13. The van der Waals surface area contributed by atoms with Crippen LogP contribution in [0.1, 0.15) is 22.3 Å². The molecule has 208 valence electrons. The largest absolute Gasteiger partial charge is 0.310 e. The van der Waals surface area contributed by atoms with Crippen LogP contribution in [0.5, 0.6) is 0 Å². The van der Waals surface area contributed by atoms with Crippen molar-refractivity contribution >= 4 is 66.7 Å². The van der Waals surface area contributed by atoms with Gasteiger partial charge in [0.1, 0.15) is 5.82 Å². The molecule has 0 spiro atoms. The average molecular weight is 566 g/mol. The first-order valence-corrected chi connectivity index (χ1v) is 15.4. The molecule has 0 amide bonds. The standard InChI is InChI=1S/C40H28BFN2/c1-21-9-11-34-27(13-21)29-15-23(3)17-31-39(29)43(34)36-19-25(26-7-5-6-8-33(26)42)20-37-38(36)41(31)32-18-24(4)16-30-28-14-22(2)10-12-35(28)44(37)40(30)32/h5-20H,1-4H3. The quantitative estimate of drug-likeness (QED) is 0.178. The number of aromatic nitrogens is 2. The van der Waals surface area contributed by atoms with Crippen LogP contribution in [0.3, 0.4) is 0 Å². The van der Waals surface area contributed by atoms with E-state index >= 15 is 4.39 Å². The maximum Gasteiger partial charge on any atom is 0.252 e. The molecular formula is C40H28BFN2. The van der Waals surface area contributed by atoms with Gasteiger partial charge in [-0.15, -0.1) is 0 Å². The van der Waals surface area contributed by atoms with E-state index in [1.54, 1.807) is 12.1 Å². The Morgan fingerprint density at radius 1 is 0.523 bits per heavy atom. The van der Waals surface area contributed by atoms with Crippen LogP contribution in [0.15, 0.2) is 97.1 Å². The molecule has 8 aromatic rings. The number of fused-ring (bicyclic) bond motifs is 10. The number of nitrogens with zero attached hydrogens (tertiary/aromatic N) is 2. The summed E-state index contributed by atoms with van der Waals surface area (Å²) in [6.07, 6.45) is 0. The highest BCUT2D eigenvalue weighted by molar-refractivity contribution is 7.00. The first-order valence-electron chi connectivity index (χ1n) is 15.4. The summed E-state index contributed by atoms with van der Waals surface area (Å²) in [7, 11) is 0. The van der Waals surface area contributed by atoms with Gasteiger partial charge in [-0.3, -0.25) is 0 Å². The molecule has 0 atom stereocenters. The smallest absolute Gasteiger partial charge is 0.252 e. The Labute approximate surface area is 255 Å². The zero-order valence-electron chi connectivity index (χ0n) is 25.1. The number of hydrogen-bond donors (Lipinski definition) is 0. The van der Waals surface area contributed by atoms with Crippen molar-refractivity contribution in [1.29, 1.82) is 0 Å². The van der Waals surface area contributed by atoms with Crippen molar-refractivity contribution in [3.05, 3.63) is 125 Å². The number of hydrogen-bond acceptors (Lipinski definition) is 0. The van der Waals surface area contributed by atoms with Gasteiger partial charge < -0.3 is 9.13 Å². The van der Waals surface area contributed by atoms with Crippen molar-refractivity contribution < 1.29 is 4.39 Å². The lowest BCUT2D eigenvalue weighted by molar-refractivity contribution is 0.631. The van der Waals surface area contributed by atoms with Crippen molar-refractivity contribution in [1.82, 2.24) is 9.13 Å². The van der Waals surface area contributed by atoms with Gasteiger partial charge in [-0.25, -0.2) is 4.39 Å². The van der Waals surface area contributed by atoms with Crippen molar-refractivity contribution in [2.75, 3.05) is 0 Å². The summed E-state index contributed by atoms with van der Waals surface area (Å²) >= 11 is 0. The van der Waals surface area contributed by atoms with Crippen molar-refractivity contribution in [2.24, 2.45) is 0 Å². The van der Waals surface area contributed by atoms with E-state index in [1.807, 2.05) is 12.1 Å². The monoisotopic (exact) mass is 566 g/mol. The molecule has 0 bridgehead atoms. The Morgan fingerprint density at radius 3 is 1.55 bits per heavy atom. The van der Waals surface area contributed by atoms with E-state index in [2.05, 4.69) is 110 Å². The fourth-order valence-electron chi connectivity index (χ4n) is 8.44. The Balaban J connectivity index is 1.49. The Morgan fingerprint density at radius 2 is 1.02 bits per heavy atom. The summed E-state index contributed by atoms with van der Waals surface area (Å²) in [5.41, 5.74) is 17.7. The third kappa shape index (κ3) is 2.91. The van der Waals surface area contributed by atoms with Gasteiger partial charge in [0.15, 0.2) is 0 Å². The van der Waals surface area contributed by atoms with Gasteiger partial charge in [0.25, 0.3) is 6.71 Å². The van der Waals surface area contributed by atoms with Crippen molar-refractivity contribution in [3.63, 3.8) is 0 Å². The summed E-state index contributed by atoms with van der Waals surface area (Å²) in [5.74, 6) is -0.203. The minimum atomic E-state index is -0.203. The third-order valence-corrected chi connectivity index (χ3v) is 10.1. The molecule has 10 rings (SSSR count). The first-order chi connectivity index (χ1) is 21.4. The van der Waals surface area contributed by atoms with Crippen LogP contribution in [-0.4, -0.2) is 15.8 Å². The molecule has 0 saturated carbocycles. The topological polar surface area (TPSA) is 9.86 Å². The van der Waals surface area contributed by atoms with E-state index in [1.165, 1.54) is 82.3 Å². The van der Waals surface area contributed by atoms with Crippen molar-refractivity contribution in [3.8, 4) is 22.5 Å². The molecule has 4 heterocycles. The number of benzene rings is 6. The van der Waals surface area contributed by atoms with Gasteiger partial charge in [-0.1, -0.05) is 64.7 Å². The highest BCUT2D eigenvalue weighted by Crippen LogP contribution is 2.41. The summed E-state index contributed by atoms with van der Waals surface area (Å²) in [6, 6.07) is 34.7. The highest BCUT2D eigenvalue weighted by atomic mass is 19.1. The van der Waals surface area contributed by atoms with Gasteiger partial charge >= 0.3 is 0 Å². The lowest BCUT2D eigenvalue weighted by Crippen LogP contribution is -2.59. The van der Waals surface area contributed by atoms with Crippen LogP contribution in [0.2, 0.25) is 0 Å². The van der Waals surface area contributed by atoms with Crippen LogP contribution in [-0.2, 0) is 0 Å². The predicted molar refractivity (Wildman–Crippen MR) is 184 cm³/mol. The maximum absolute atomic E-state index is 15.5. The number of rotatable bonds is 1. The molecule has 0 unspecified atom stereocenters. The molecule has 2 aromatic heterocycles. The summed E-state index contributed by atoms with van der Waals surface area (Å²) < 4.78 is 20.4. The normalized spacial score (nSPS) is 13.1. The van der Waals surface area contributed by atoms with Gasteiger partial charge in [-0.2, -0.15) is 0 Å². The lowest BCUT2D eigenvalue weighted by Gasteiger charge is -2.34. The van der Waals surface area contributed by atoms with E-state index < -0.39 is 0 Å². The second-order valence-corrected chi connectivity index (χ2v) is 13.1. The number of aryl methyl sites for hydroxylation is 4. The average Bonchev–Trinajstić information content (AvgIpc) is 3.49. The van der Waals surface area contributed by atoms with Gasteiger partial charge in [-0.05, 0) is 104 Å². The first kappa shape index (κ1) is 24.4. The van der Waals surface area contributed by atoms with Crippen LogP contribution in [0, 0.1) is 33.5 Å². The van der Waals surface area contributed by atoms with E-state index in [0.717, 1.165) is 16.9 Å². The van der Waals surface area contributed by atoms with E-state index in [-0.39, 0.29) is 12.5 Å². The minimum Gasteiger partial charge on any atom is -0.310 e. The molecule has 2 aliphatic heterocycles.